The summed E-state index contributed by atoms with van der Waals surface area (Å²) in [4.78, 5) is 0. The van der Waals surface area contributed by atoms with E-state index in [0.29, 0.717) is 26.4 Å². The third-order valence-corrected chi connectivity index (χ3v) is 2.22. The van der Waals surface area contributed by atoms with Crippen LogP contribution in [0, 0.1) is 6.92 Å². The van der Waals surface area contributed by atoms with Crippen LogP contribution in [-0.2, 0) is 22.6 Å². The molecule has 1 aromatic rings. The molecule has 0 saturated carbocycles. The molecule has 0 aliphatic heterocycles. The van der Waals surface area contributed by atoms with Crippen LogP contribution in [0.3, 0.4) is 0 Å². The molecule has 0 amide bonds. The Morgan fingerprint density at radius 2 is 2.00 bits per heavy atom. The number of hydrogen-bond donors (Lipinski definition) is 1. The second-order valence-electron chi connectivity index (χ2n) is 3.69. The second kappa shape index (κ2) is 7.44. The van der Waals surface area contributed by atoms with Crippen LogP contribution >= 0.6 is 0 Å². The van der Waals surface area contributed by atoms with E-state index in [4.69, 9.17) is 19.6 Å². The number of rotatable bonds is 8. The summed E-state index contributed by atoms with van der Waals surface area (Å²) < 4.78 is 16.2. The topological polar surface area (TPSA) is 57.6 Å². The van der Waals surface area contributed by atoms with E-state index in [0.717, 1.165) is 30.1 Å². The van der Waals surface area contributed by atoms with Gasteiger partial charge in [-0.1, -0.05) is 6.92 Å². The van der Waals surface area contributed by atoms with E-state index in [9.17, 15) is 0 Å². The average Bonchev–Trinajstić information content (AvgIpc) is 2.64. The van der Waals surface area contributed by atoms with Gasteiger partial charge in [-0.15, -0.1) is 0 Å². The van der Waals surface area contributed by atoms with E-state index in [2.05, 4.69) is 6.92 Å². The molecule has 0 aromatic carbocycles. The Morgan fingerprint density at radius 3 is 2.62 bits per heavy atom. The lowest BCUT2D eigenvalue weighted by molar-refractivity contribution is 0.0347. The highest BCUT2D eigenvalue weighted by atomic mass is 16.5. The van der Waals surface area contributed by atoms with Crippen molar-refractivity contribution in [1.82, 2.24) is 0 Å². The van der Waals surface area contributed by atoms with Gasteiger partial charge in [0.05, 0.1) is 19.8 Å². The minimum atomic E-state index is 0.436. The Balaban J connectivity index is 2.16. The minimum Gasteiger partial charge on any atom is -0.462 e. The van der Waals surface area contributed by atoms with Gasteiger partial charge in [0.2, 0.25) is 0 Å². The summed E-state index contributed by atoms with van der Waals surface area (Å²) in [7, 11) is 0. The lowest BCUT2D eigenvalue weighted by atomic mass is 10.3. The van der Waals surface area contributed by atoms with Crippen LogP contribution in [0.2, 0.25) is 0 Å². The van der Waals surface area contributed by atoms with Gasteiger partial charge >= 0.3 is 0 Å². The predicted octanol–water partition coefficient (Wildman–Crippen LogP) is 1.99. The van der Waals surface area contributed by atoms with Crippen LogP contribution in [0.25, 0.3) is 0 Å². The molecular formula is C12H21NO3. The van der Waals surface area contributed by atoms with Crippen LogP contribution in [0.15, 0.2) is 10.5 Å². The SMILES string of the molecule is CCCOCCOCc1cc(C)c(CN)o1. The van der Waals surface area contributed by atoms with Gasteiger partial charge in [-0.2, -0.15) is 0 Å². The van der Waals surface area contributed by atoms with Gasteiger partial charge in [-0.05, 0) is 25.0 Å². The van der Waals surface area contributed by atoms with E-state index in [1.165, 1.54) is 0 Å². The van der Waals surface area contributed by atoms with Crippen LogP contribution in [-0.4, -0.2) is 19.8 Å². The van der Waals surface area contributed by atoms with Crippen LogP contribution in [0.1, 0.15) is 30.4 Å². The zero-order chi connectivity index (χ0) is 11.8. The molecule has 0 aliphatic rings. The van der Waals surface area contributed by atoms with Crippen molar-refractivity contribution in [2.45, 2.75) is 33.4 Å². The monoisotopic (exact) mass is 227 g/mol. The highest BCUT2D eigenvalue weighted by Gasteiger charge is 2.05. The van der Waals surface area contributed by atoms with E-state index >= 15 is 0 Å². The zero-order valence-corrected chi connectivity index (χ0v) is 10.1. The predicted molar refractivity (Wildman–Crippen MR) is 62.1 cm³/mol. The molecule has 1 rings (SSSR count). The van der Waals surface area contributed by atoms with Crippen molar-refractivity contribution in [1.29, 1.82) is 0 Å². The molecule has 2 N–H and O–H groups in total. The molecule has 4 nitrogen and oxygen atoms in total. The van der Waals surface area contributed by atoms with Crippen LogP contribution in [0.4, 0.5) is 0 Å². The second-order valence-corrected chi connectivity index (χ2v) is 3.69. The first-order valence-corrected chi connectivity index (χ1v) is 5.71. The fraction of sp³-hybridized carbons (Fsp3) is 0.667. The highest BCUT2D eigenvalue weighted by molar-refractivity contribution is 5.19. The summed E-state index contributed by atoms with van der Waals surface area (Å²) in [5.41, 5.74) is 6.61. The Bertz CT molecular complexity index is 296. The molecule has 16 heavy (non-hydrogen) atoms. The van der Waals surface area contributed by atoms with Crippen molar-refractivity contribution in [3.63, 3.8) is 0 Å². The molecule has 0 saturated heterocycles. The third-order valence-electron chi connectivity index (χ3n) is 2.22. The number of furan rings is 1. The summed E-state index contributed by atoms with van der Waals surface area (Å²) in [6, 6.07) is 1.97. The van der Waals surface area contributed by atoms with Crippen LogP contribution in [0.5, 0.6) is 0 Å². The number of aryl methyl sites for hydroxylation is 1. The molecule has 0 fully saturated rings. The molecule has 92 valence electrons. The summed E-state index contributed by atoms with van der Waals surface area (Å²) in [6.45, 7) is 7.01. The lowest BCUT2D eigenvalue weighted by Gasteiger charge is -2.02. The normalized spacial score (nSPS) is 10.9. The Hall–Kier alpha value is -0.840. The Kier molecular flexibility index (Phi) is 6.15. The van der Waals surface area contributed by atoms with Crippen molar-refractivity contribution < 1.29 is 13.9 Å². The van der Waals surface area contributed by atoms with E-state index in [1.54, 1.807) is 0 Å². The molecule has 0 unspecified atom stereocenters. The van der Waals surface area contributed by atoms with Crippen molar-refractivity contribution in [2.75, 3.05) is 19.8 Å². The highest BCUT2D eigenvalue weighted by Crippen LogP contribution is 2.14. The van der Waals surface area contributed by atoms with Gasteiger partial charge < -0.3 is 19.6 Å². The van der Waals surface area contributed by atoms with Crippen molar-refractivity contribution in [2.24, 2.45) is 5.73 Å². The summed E-state index contributed by atoms with van der Waals surface area (Å²) in [6.07, 6.45) is 1.04. The van der Waals surface area contributed by atoms with Crippen LogP contribution < -0.4 is 5.73 Å². The molecule has 0 radical (unpaired) electrons. The fourth-order valence-corrected chi connectivity index (χ4v) is 1.40. The van der Waals surface area contributed by atoms with Crippen molar-refractivity contribution in [3.05, 3.63) is 23.2 Å². The molecule has 0 bridgehead atoms. The fourth-order valence-electron chi connectivity index (χ4n) is 1.40. The first kappa shape index (κ1) is 13.2. The average molecular weight is 227 g/mol. The quantitative estimate of drug-likeness (QED) is 0.690. The summed E-state index contributed by atoms with van der Waals surface area (Å²) in [5.74, 6) is 1.66. The molecule has 4 heteroatoms. The van der Waals surface area contributed by atoms with Gasteiger partial charge in [-0.25, -0.2) is 0 Å². The summed E-state index contributed by atoms with van der Waals surface area (Å²) >= 11 is 0. The molecule has 0 atom stereocenters. The molecule has 1 heterocycles. The first-order chi connectivity index (χ1) is 7.77. The van der Waals surface area contributed by atoms with Crippen molar-refractivity contribution in [3.8, 4) is 0 Å². The molecule has 0 aliphatic carbocycles. The largest absolute Gasteiger partial charge is 0.462 e. The third kappa shape index (κ3) is 4.35. The van der Waals surface area contributed by atoms with Gasteiger partial charge in [0, 0.05) is 6.61 Å². The van der Waals surface area contributed by atoms with Crippen molar-refractivity contribution >= 4 is 0 Å². The maximum atomic E-state index is 5.52. The number of nitrogens with two attached hydrogens (primary N) is 1. The molecule has 1 aromatic heterocycles. The Labute approximate surface area is 96.7 Å². The standard InChI is InChI=1S/C12H21NO3/c1-3-4-14-5-6-15-9-11-7-10(2)12(8-13)16-11/h7H,3-6,8-9,13H2,1-2H3. The van der Waals surface area contributed by atoms with E-state index in [1.807, 2.05) is 13.0 Å². The molecular weight excluding hydrogens is 206 g/mol. The smallest absolute Gasteiger partial charge is 0.130 e. The van der Waals surface area contributed by atoms with Gasteiger partial charge in [0.1, 0.15) is 18.1 Å². The number of hydrogen-bond acceptors (Lipinski definition) is 4. The van der Waals surface area contributed by atoms with E-state index in [-0.39, 0.29) is 0 Å². The maximum Gasteiger partial charge on any atom is 0.130 e. The zero-order valence-electron chi connectivity index (χ0n) is 10.1. The first-order valence-electron chi connectivity index (χ1n) is 5.71. The molecule has 0 spiro atoms. The number of ether oxygens (including phenoxy) is 2. The van der Waals surface area contributed by atoms with Gasteiger partial charge in [0.25, 0.3) is 0 Å². The minimum absolute atomic E-state index is 0.436. The van der Waals surface area contributed by atoms with Gasteiger partial charge in [0.15, 0.2) is 0 Å². The Morgan fingerprint density at radius 1 is 1.25 bits per heavy atom. The van der Waals surface area contributed by atoms with E-state index < -0.39 is 0 Å². The maximum absolute atomic E-state index is 5.52. The lowest BCUT2D eigenvalue weighted by Crippen LogP contribution is -2.04. The van der Waals surface area contributed by atoms with Gasteiger partial charge in [-0.3, -0.25) is 0 Å². The summed E-state index contributed by atoms with van der Waals surface area (Å²) in [5, 5.41) is 0.